The number of carbonyl (C=O) groups excluding carboxylic acids is 1. The molecule has 1 amide bonds. The molecule has 0 aliphatic carbocycles. The van der Waals surface area contributed by atoms with Crippen LogP contribution in [0.15, 0.2) is 36.4 Å². The Kier molecular flexibility index (Phi) is 4.60. The largest absolute Gasteiger partial charge is 0.495 e. The molecule has 144 valence electrons. The molecule has 0 fully saturated rings. The van der Waals surface area contributed by atoms with Gasteiger partial charge in [-0.2, -0.15) is 5.10 Å². The highest BCUT2D eigenvalue weighted by Gasteiger charge is 2.28. The zero-order valence-electron chi connectivity index (χ0n) is 15.6. The van der Waals surface area contributed by atoms with Crippen LogP contribution in [-0.4, -0.2) is 29.9 Å². The highest BCUT2D eigenvalue weighted by molar-refractivity contribution is 6.32. The first-order valence-electron chi connectivity index (χ1n) is 8.54. The van der Waals surface area contributed by atoms with Gasteiger partial charge in [-0.1, -0.05) is 23.7 Å². The van der Waals surface area contributed by atoms with E-state index in [0.29, 0.717) is 27.9 Å². The van der Waals surface area contributed by atoms with Gasteiger partial charge in [0, 0.05) is 24.2 Å². The number of ether oxygens (including phenoxy) is 3. The summed E-state index contributed by atoms with van der Waals surface area (Å²) in [5, 5.41) is 7.61. The Morgan fingerprint density at radius 3 is 2.71 bits per heavy atom. The van der Waals surface area contributed by atoms with Crippen molar-refractivity contribution in [1.29, 1.82) is 0 Å². The summed E-state index contributed by atoms with van der Waals surface area (Å²) in [7, 11) is 4.82. The third-order valence-corrected chi connectivity index (χ3v) is 4.89. The van der Waals surface area contributed by atoms with Crippen LogP contribution in [-0.2, 0) is 13.7 Å². The molecular formula is C20H18ClN3O4. The number of benzene rings is 2. The Morgan fingerprint density at radius 2 is 1.96 bits per heavy atom. The fourth-order valence-electron chi connectivity index (χ4n) is 3.30. The number of amides is 1. The Bertz CT molecular complexity index is 1080. The normalized spacial score (nSPS) is 11.9. The Labute approximate surface area is 166 Å². The monoisotopic (exact) mass is 399 g/mol. The molecule has 0 unspecified atom stereocenters. The van der Waals surface area contributed by atoms with Gasteiger partial charge in [0.25, 0.3) is 5.91 Å². The van der Waals surface area contributed by atoms with E-state index < -0.39 is 0 Å². The highest BCUT2D eigenvalue weighted by Crippen LogP contribution is 2.39. The molecule has 1 aliphatic heterocycles. The van der Waals surface area contributed by atoms with E-state index in [-0.39, 0.29) is 12.5 Å². The predicted molar refractivity (Wildman–Crippen MR) is 105 cm³/mol. The topological polar surface area (TPSA) is 74.6 Å². The van der Waals surface area contributed by atoms with Crippen molar-refractivity contribution in [1.82, 2.24) is 9.78 Å². The molecule has 4 rings (SSSR count). The highest BCUT2D eigenvalue weighted by atomic mass is 35.5. The molecule has 0 spiro atoms. The average molecular weight is 400 g/mol. The minimum atomic E-state index is -0.376. The van der Waals surface area contributed by atoms with Crippen LogP contribution in [0.3, 0.4) is 0 Å². The van der Waals surface area contributed by atoms with Gasteiger partial charge in [0.15, 0.2) is 5.69 Å². The third-order valence-electron chi connectivity index (χ3n) is 4.60. The molecule has 3 aromatic rings. The minimum absolute atomic E-state index is 0.267. The summed E-state index contributed by atoms with van der Waals surface area (Å²) in [5.41, 5.74) is 3.22. The van der Waals surface area contributed by atoms with Crippen LogP contribution >= 0.6 is 11.6 Å². The molecule has 0 saturated heterocycles. The van der Waals surface area contributed by atoms with Crippen molar-refractivity contribution in [3.8, 4) is 28.5 Å². The van der Waals surface area contributed by atoms with Crippen molar-refractivity contribution in [2.24, 2.45) is 7.05 Å². The van der Waals surface area contributed by atoms with Crippen LogP contribution in [0.25, 0.3) is 11.3 Å². The van der Waals surface area contributed by atoms with Crippen LogP contribution in [0.1, 0.15) is 16.1 Å². The maximum absolute atomic E-state index is 13.0. The van der Waals surface area contributed by atoms with Crippen LogP contribution < -0.4 is 19.5 Å². The fourth-order valence-corrected chi connectivity index (χ4v) is 3.54. The smallest absolute Gasteiger partial charge is 0.276 e. The summed E-state index contributed by atoms with van der Waals surface area (Å²) in [6.07, 6.45) is 0. The van der Waals surface area contributed by atoms with Crippen molar-refractivity contribution in [2.45, 2.75) is 6.61 Å². The van der Waals surface area contributed by atoms with Crippen molar-refractivity contribution >= 4 is 23.2 Å². The second-order valence-corrected chi connectivity index (χ2v) is 6.63. The Morgan fingerprint density at radius 1 is 1.21 bits per heavy atom. The summed E-state index contributed by atoms with van der Waals surface area (Å²) in [6.45, 7) is 0.267. The number of hydrogen-bond acceptors (Lipinski definition) is 5. The van der Waals surface area contributed by atoms with E-state index in [9.17, 15) is 4.79 Å². The Hall–Kier alpha value is -3.19. The van der Waals surface area contributed by atoms with Crippen LogP contribution in [0.2, 0.25) is 5.02 Å². The number of para-hydroxylation sites is 1. The molecule has 8 heteroatoms. The molecule has 1 N–H and O–H groups in total. The van der Waals surface area contributed by atoms with Crippen molar-refractivity contribution in [3.63, 3.8) is 0 Å². The number of halogens is 1. The van der Waals surface area contributed by atoms with Gasteiger partial charge in [-0.25, -0.2) is 0 Å². The van der Waals surface area contributed by atoms with E-state index in [1.807, 2.05) is 31.3 Å². The van der Waals surface area contributed by atoms with Gasteiger partial charge in [-0.05, 0) is 18.2 Å². The van der Waals surface area contributed by atoms with Gasteiger partial charge in [0.05, 0.1) is 30.6 Å². The standard InChI is InChI=1S/C20H18ClN3O4/c1-24-19-11-6-4-5-7-15(11)28-10-12(19)18(23-24)20(25)22-14-8-13(21)16(26-2)9-17(14)27-3/h4-9H,10H2,1-3H3,(H,22,25). The molecule has 0 saturated carbocycles. The lowest BCUT2D eigenvalue weighted by atomic mass is 10.0. The van der Waals surface area contributed by atoms with Gasteiger partial charge in [0.2, 0.25) is 0 Å². The molecule has 2 heterocycles. The second-order valence-electron chi connectivity index (χ2n) is 6.23. The van der Waals surface area contributed by atoms with E-state index in [1.54, 1.807) is 16.8 Å². The fraction of sp³-hybridized carbons (Fsp3) is 0.200. The van der Waals surface area contributed by atoms with E-state index in [1.165, 1.54) is 14.2 Å². The zero-order chi connectivity index (χ0) is 19.8. The first-order chi connectivity index (χ1) is 13.5. The number of anilines is 1. The molecule has 0 radical (unpaired) electrons. The van der Waals surface area contributed by atoms with Crippen molar-refractivity contribution < 1.29 is 19.0 Å². The quantitative estimate of drug-likeness (QED) is 0.720. The van der Waals surface area contributed by atoms with Crippen molar-refractivity contribution in [2.75, 3.05) is 19.5 Å². The number of fused-ring (bicyclic) bond motifs is 3. The maximum atomic E-state index is 13.0. The van der Waals surface area contributed by atoms with Gasteiger partial charge in [-0.3, -0.25) is 9.48 Å². The first-order valence-corrected chi connectivity index (χ1v) is 8.92. The predicted octanol–water partition coefficient (Wildman–Crippen LogP) is 3.90. The minimum Gasteiger partial charge on any atom is -0.495 e. The number of rotatable bonds is 4. The van der Waals surface area contributed by atoms with E-state index >= 15 is 0 Å². The first kappa shape index (κ1) is 18.2. The molecule has 1 aliphatic rings. The summed E-state index contributed by atoms with van der Waals surface area (Å²) < 4.78 is 18.0. The van der Waals surface area contributed by atoms with Crippen LogP contribution in [0.4, 0.5) is 5.69 Å². The van der Waals surface area contributed by atoms with Crippen LogP contribution in [0, 0.1) is 0 Å². The molecular weight excluding hydrogens is 382 g/mol. The lowest BCUT2D eigenvalue weighted by Crippen LogP contribution is -2.17. The van der Waals surface area contributed by atoms with E-state index in [4.69, 9.17) is 25.8 Å². The van der Waals surface area contributed by atoms with Crippen LogP contribution in [0.5, 0.6) is 17.2 Å². The lowest BCUT2D eigenvalue weighted by Gasteiger charge is -2.18. The van der Waals surface area contributed by atoms with Gasteiger partial charge in [-0.15, -0.1) is 0 Å². The SMILES string of the molecule is COc1cc(OC)c(NC(=O)c2nn(C)c3c2COc2ccccc2-3)cc1Cl. The molecule has 2 aromatic carbocycles. The number of methoxy groups -OCH3 is 2. The third kappa shape index (κ3) is 2.93. The molecule has 28 heavy (non-hydrogen) atoms. The molecule has 0 atom stereocenters. The van der Waals surface area contributed by atoms with Gasteiger partial charge >= 0.3 is 0 Å². The number of aryl methyl sites for hydroxylation is 1. The summed E-state index contributed by atoms with van der Waals surface area (Å²) >= 11 is 6.19. The maximum Gasteiger partial charge on any atom is 0.276 e. The summed E-state index contributed by atoms with van der Waals surface area (Å²) in [6, 6.07) is 10.9. The number of aromatic nitrogens is 2. The van der Waals surface area contributed by atoms with Crippen molar-refractivity contribution in [3.05, 3.63) is 52.7 Å². The lowest BCUT2D eigenvalue weighted by molar-refractivity contribution is 0.101. The van der Waals surface area contributed by atoms with Gasteiger partial charge in [0.1, 0.15) is 23.9 Å². The number of hydrogen-bond donors (Lipinski definition) is 1. The summed E-state index contributed by atoms with van der Waals surface area (Å²) in [5.74, 6) is 1.28. The van der Waals surface area contributed by atoms with Gasteiger partial charge < -0.3 is 19.5 Å². The molecule has 0 bridgehead atoms. The molecule has 7 nitrogen and oxygen atoms in total. The number of nitrogens with one attached hydrogen (secondary N) is 1. The summed E-state index contributed by atoms with van der Waals surface area (Å²) in [4.78, 5) is 13.0. The molecule has 1 aromatic heterocycles. The Balaban J connectivity index is 1.71. The number of nitrogens with zero attached hydrogens (tertiary/aromatic N) is 2. The van der Waals surface area contributed by atoms with E-state index in [0.717, 1.165) is 22.6 Å². The second kappa shape index (κ2) is 7.09. The van der Waals surface area contributed by atoms with E-state index in [2.05, 4.69) is 10.4 Å². The zero-order valence-corrected chi connectivity index (χ0v) is 16.3. The number of carbonyl (C=O) groups is 1. The average Bonchev–Trinajstić information content (AvgIpc) is 3.05.